The monoisotopic (exact) mass is 481 g/mol. The van der Waals surface area contributed by atoms with Crippen LogP contribution in [0.3, 0.4) is 0 Å². The SMILES string of the molecule is O=C(c1ccc(NS(=O)(=O)c2ccc(F)c(Cl)c2)cc1)N1CCN(CC2CCCO2)CC1. The van der Waals surface area contributed by atoms with Crippen molar-refractivity contribution in [1.82, 2.24) is 9.80 Å². The van der Waals surface area contributed by atoms with Crippen molar-refractivity contribution in [1.29, 1.82) is 0 Å². The average molecular weight is 482 g/mol. The van der Waals surface area contributed by atoms with E-state index < -0.39 is 15.8 Å². The van der Waals surface area contributed by atoms with E-state index in [1.54, 1.807) is 12.1 Å². The number of carbonyl (C=O) groups excluding carboxylic acids is 1. The minimum atomic E-state index is -3.93. The van der Waals surface area contributed by atoms with Crippen LogP contribution < -0.4 is 4.72 Å². The van der Waals surface area contributed by atoms with Gasteiger partial charge in [-0.2, -0.15) is 0 Å². The predicted octanol–water partition coefficient (Wildman–Crippen LogP) is 3.22. The molecule has 1 N–H and O–H groups in total. The number of benzene rings is 2. The van der Waals surface area contributed by atoms with Gasteiger partial charge in [-0.1, -0.05) is 11.6 Å². The Labute approximate surface area is 192 Å². The van der Waals surface area contributed by atoms with Crippen molar-refractivity contribution >= 4 is 33.2 Å². The van der Waals surface area contributed by atoms with Crippen LogP contribution in [0.4, 0.5) is 10.1 Å². The first-order valence-electron chi connectivity index (χ1n) is 10.5. The lowest BCUT2D eigenvalue weighted by molar-refractivity contribution is 0.0433. The molecule has 10 heteroatoms. The number of nitrogens with one attached hydrogen (secondary N) is 1. The van der Waals surface area contributed by atoms with Gasteiger partial charge < -0.3 is 9.64 Å². The summed E-state index contributed by atoms with van der Waals surface area (Å²) < 4.78 is 46.4. The first-order chi connectivity index (χ1) is 15.3. The lowest BCUT2D eigenvalue weighted by Gasteiger charge is -2.35. The van der Waals surface area contributed by atoms with Gasteiger partial charge in [0.1, 0.15) is 5.82 Å². The third-order valence-corrected chi connectivity index (χ3v) is 7.40. The van der Waals surface area contributed by atoms with Crippen molar-refractivity contribution in [3.05, 3.63) is 58.9 Å². The maximum absolute atomic E-state index is 13.3. The molecule has 0 radical (unpaired) electrons. The Bertz CT molecular complexity index is 1070. The highest BCUT2D eigenvalue weighted by Crippen LogP contribution is 2.22. The molecule has 1 unspecified atom stereocenters. The summed E-state index contributed by atoms with van der Waals surface area (Å²) in [4.78, 5) is 16.8. The highest BCUT2D eigenvalue weighted by molar-refractivity contribution is 7.92. The van der Waals surface area contributed by atoms with E-state index in [9.17, 15) is 17.6 Å². The van der Waals surface area contributed by atoms with Crippen molar-refractivity contribution in [3.63, 3.8) is 0 Å². The highest BCUT2D eigenvalue weighted by Gasteiger charge is 2.25. The van der Waals surface area contributed by atoms with E-state index >= 15 is 0 Å². The van der Waals surface area contributed by atoms with Crippen LogP contribution in [0.2, 0.25) is 5.02 Å². The summed E-state index contributed by atoms with van der Waals surface area (Å²) in [6.45, 7) is 4.66. The van der Waals surface area contributed by atoms with Gasteiger partial charge in [0.05, 0.1) is 16.0 Å². The topological polar surface area (TPSA) is 79.0 Å². The van der Waals surface area contributed by atoms with Crippen LogP contribution in [0, 0.1) is 5.82 Å². The molecular formula is C22H25ClFN3O4S. The number of anilines is 1. The molecular weight excluding hydrogens is 457 g/mol. The smallest absolute Gasteiger partial charge is 0.261 e. The standard InChI is InChI=1S/C22H25ClFN3O4S/c23-20-14-19(7-8-21(20)24)32(29,30)25-17-5-3-16(4-6-17)22(28)27-11-9-26(10-12-27)15-18-2-1-13-31-18/h3-8,14,18,25H,1-2,9-13,15H2. The maximum Gasteiger partial charge on any atom is 0.261 e. The molecule has 1 amide bonds. The van der Waals surface area contributed by atoms with Crippen LogP contribution in [0.25, 0.3) is 0 Å². The fourth-order valence-corrected chi connectivity index (χ4v) is 5.26. The number of hydrogen-bond acceptors (Lipinski definition) is 5. The number of amides is 1. The third kappa shape index (κ3) is 5.40. The molecule has 2 aliphatic rings. The van der Waals surface area contributed by atoms with Crippen LogP contribution in [0.5, 0.6) is 0 Å². The Morgan fingerprint density at radius 1 is 1.12 bits per heavy atom. The minimum Gasteiger partial charge on any atom is -0.377 e. The molecule has 2 fully saturated rings. The molecule has 1 atom stereocenters. The molecule has 4 rings (SSSR count). The zero-order chi connectivity index (χ0) is 22.7. The minimum absolute atomic E-state index is 0.0820. The Morgan fingerprint density at radius 2 is 1.84 bits per heavy atom. The first kappa shape index (κ1) is 23.0. The van der Waals surface area contributed by atoms with Gasteiger partial charge >= 0.3 is 0 Å². The van der Waals surface area contributed by atoms with E-state index in [1.807, 2.05) is 4.90 Å². The zero-order valence-electron chi connectivity index (χ0n) is 17.5. The van der Waals surface area contributed by atoms with Crippen molar-refractivity contribution in [2.45, 2.75) is 23.8 Å². The Kier molecular flexibility index (Phi) is 6.99. The quantitative estimate of drug-likeness (QED) is 0.685. The van der Waals surface area contributed by atoms with Crippen molar-refractivity contribution in [3.8, 4) is 0 Å². The molecule has 2 saturated heterocycles. The van der Waals surface area contributed by atoms with E-state index in [2.05, 4.69) is 9.62 Å². The molecule has 2 heterocycles. The molecule has 2 aliphatic heterocycles. The van der Waals surface area contributed by atoms with Gasteiger partial charge in [-0.15, -0.1) is 0 Å². The Balaban J connectivity index is 1.34. The largest absolute Gasteiger partial charge is 0.377 e. The second kappa shape index (κ2) is 9.74. The molecule has 0 aromatic heterocycles. The molecule has 172 valence electrons. The van der Waals surface area contributed by atoms with Gasteiger partial charge in [0.15, 0.2) is 0 Å². The summed E-state index contributed by atoms with van der Waals surface area (Å²) in [5, 5.41) is -0.273. The van der Waals surface area contributed by atoms with Gasteiger partial charge in [0, 0.05) is 50.6 Å². The molecule has 2 aromatic carbocycles. The van der Waals surface area contributed by atoms with Gasteiger partial charge in [0.2, 0.25) is 0 Å². The van der Waals surface area contributed by atoms with Crippen molar-refractivity contribution < 1.29 is 22.3 Å². The molecule has 0 saturated carbocycles. The molecule has 0 spiro atoms. The van der Waals surface area contributed by atoms with E-state index in [0.29, 0.717) is 30.4 Å². The van der Waals surface area contributed by atoms with Crippen LogP contribution in [-0.4, -0.2) is 69.6 Å². The maximum atomic E-state index is 13.3. The van der Waals surface area contributed by atoms with Crippen LogP contribution >= 0.6 is 11.6 Å². The number of sulfonamides is 1. The number of nitrogens with zero attached hydrogens (tertiary/aromatic N) is 2. The summed E-state index contributed by atoms with van der Waals surface area (Å²) in [6.07, 6.45) is 2.52. The van der Waals surface area contributed by atoms with Crippen LogP contribution in [0.15, 0.2) is 47.4 Å². The molecule has 2 aromatic rings. The highest BCUT2D eigenvalue weighted by atomic mass is 35.5. The zero-order valence-corrected chi connectivity index (χ0v) is 19.0. The lowest BCUT2D eigenvalue weighted by Crippen LogP contribution is -2.50. The molecule has 0 aliphatic carbocycles. The first-order valence-corrected chi connectivity index (χ1v) is 12.4. The Hall–Kier alpha value is -2.20. The van der Waals surface area contributed by atoms with Gasteiger partial charge in [-0.05, 0) is 55.3 Å². The molecule has 0 bridgehead atoms. The summed E-state index contributed by atoms with van der Waals surface area (Å²) in [5.74, 6) is -0.775. The fourth-order valence-electron chi connectivity index (χ4n) is 3.93. The number of ether oxygens (including phenoxy) is 1. The van der Waals surface area contributed by atoms with Gasteiger partial charge in [-0.3, -0.25) is 14.4 Å². The third-order valence-electron chi connectivity index (χ3n) is 5.73. The van der Waals surface area contributed by atoms with E-state index in [4.69, 9.17) is 16.3 Å². The summed E-state index contributed by atoms with van der Waals surface area (Å²) in [6, 6.07) is 9.44. The molecule has 32 heavy (non-hydrogen) atoms. The van der Waals surface area contributed by atoms with Gasteiger partial charge in [0.25, 0.3) is 15.9 Å². The Morgan fingerprint density at radius 3 is 2.47 bits per heavy atom. The van der Waals surface area contributed by atoms with Crippen LogP contribution in [-0.2, 0) is 14.8 Å². The summed E-state index contributed by atoms with van der Waals surface area (Å²) in [5.41, 5.74) is 0.786. The lowest BCUT2D eigenvalue weighted by atomic mass is 10.1. The van der Waals surface area contributed by atoms with Crippen LogP contribution in [0.1, 0.15) is 23.2 Å². The number of rotatable bonds is 6. The number of halogens is 2. The second-order valence-corrected chi connectivity index (χ2v) is 10.1. The van der Waals surface area contributed by atoms with E-state index in [1.165, 1.54) is 12.1 Å². The van der Waals surface area contributed by atoms with E-state index in [0.717, 1.165) is 57.3 Å². The van der Waals surface area contributed by atoms with Crippen molar-refractivity contribution in [2.75, 3.05) is 44.1 Å². The fraction of sp³-hybridized carbons (Fsp3) is 0.409. The number of hydrogen-bond donors (Lipinski definition) is 1. The summed E-state index contributed by atoms with van der Waals surface area (Å²) in [7, 11) is -3.93. The second-order valence-electron chi connectivity index (χ2n) is 7.99. The van der Waals surface area contributed by atoms with Crippen molar-refractivity contribution in [2.24, 2.45) is 0 Å². The predicted molar refractivity (Wildman–Crippen MR) is 120 cm³/mol. The molecule has 7 nitrogen and oxygen atoms in total. The summed E-state index contributed by atoms with van der Waals surface area (Å²) >= 11 is 5.68. The average Bonchev–Trinajstić information content (AvgIpc) is 3.29. The van der Waals surface area contributed by atoms with E-state index in [-0.39, 0.29) is 15.8 Å². The number of piperazine rings is 1. The number of carbonyl (C=O) groups is 1. The normalized spacial score (nSPS) is 19.8. The van der Waals surface area contributed by atoms with Gasteiger partial charge in [-0.25, -0.2) is 12.8 Å².